The molecule has 0 spiro atoms. The predicted octanol–water partition coefficient (Wildman–Crippen LogP) is 1.33. The summed E-state index contributed by atoms with van der Waals surface area (Å²) < 4.78 is 0. The van der Waals surface area contributed by atoms with Gasteiger partial charge in [0.25, 0.3) is 0 Å². The predicted molar refractivity (Wildman–Crippen MR) is 85.2 cm³/mol. The van der Waals surface area contributed by atoms with Gasteiger partial charge >= 0.3 is 0 Å². The van der Waals surface area contributed by atoms with Crippen LogP contribution in [0.15, 0.2) is 0 Å². The molecule has 3 aliphatic rings. The highest BCUT2D eigenvalue weighted by Crippen LogP contribution is 2.37. The number of hydrogen-bond donors (Lipinski definition) is 3. The molecule has 2 aliphatic carbocycles. The van der Waals surface area contributed by atoms with Crippen LogP contribution in [0, 0.1) is 11.8 Å². The van der Waals surface area contributed by atoms with E-state index in [1.165, 1.54) is 12.8 Å². The van der Waals surface area contributed by atoms with Crippen molar-refractivity contribution in [3.8, 4) is 0 Å². The number of carbonyl (C=O) groups excluding carboxylic acids is 2. The minimum atomic E-state index is -0.0432. The molecule has 3 rings (SSSR count). The highest BCUT2D eigenvalue weighted by Gasteiger charge is 2.42. The molecule has 5 heteroatoms. The van der Waals surface area contributed by atoms with E-state index >= 15 is 0 Å². The van der Waals surface area contributed by atoms with Crippen LogP contribution in [-0.2, 0) is 9.59 Å². The van der Waals surface area contributed by atoms with Crippen LogP contribution in [0.4, 0.5) is 0 Å². The van der Waals surface area contributed by atoms with Gasteiger partial charge in [-0.3, -0.25) is 9.59 Å². The van der Waals surface area contributed by atoms with Crippen molar-refractivity contribution in [2.24, 2.45) is 11.8 Å². The van der Waals surface area contributed by atoms with Crippen molar-refractivity contribution in [1.29, 1.82) is 0 Å². The molecule has 1 saturated heterocycles. The summed E-state index contributed by atoms with van der Waals surface area (Å²) >= 11 is 0. The van der Waals surface area contributed by atoms with Gasteiger partial charge in [0, 0.05) is 18.5 Å². The molecule has 2 saturated carbocycles. The molecule has 0 unspecified atom stereocenters. The van der Waals surface area contributed by atoms with Crippen LogP contribution in [-0.4, -0.2) is 36.5 Å². The number of carbonyl (C=O) groups is 2. The van der Waals surface area contributed by atoms with Crippen molar-refractivity contribution in [2.45, 2.75) is 76.4 Å². The van der Waals surface area contributed by atoms with Gasteiger partial charge in [-0.05, 0) is 50.5 Å². The number of nitrogens with one attached hydrogen (secondary N) is 3. The van der Waals surface area contributed by atoms with E-state index in [9.17, 15) is 9.59 Å². The van der Waals surface area contributed by atoms with E-state index in [0.29, 0.717) is 24.3 Å². The Hall–Kier alpha value is -1.10. The van der Waals surface area contributed by atoms with Crippen LogP contribution in [0.5, 0.6) is 0 Å². The first-order valence-corrected chi connectivity index (χ1v) is 9.00. The largest absolute Gasteiger partial charge is 0.353 e. The lowest BCUT2D eigenvalue weighted by atomic mass is 9.93. The highest BCUT2D eigenvalue weighted by atomic mass is 16.2. The normalized spacial score (nSPS) is 31.6. The maximum absolute atomic E-state index is 12.6. The molecule has 1 aliphatic heterocycles. The maximum atomic E-state index is 12.6. The molecule has 22 heavy (non-hydrogen) atoms. The van der Waals surface area contributed by atoms with Crippen molar-refractivity contribution < 1.29 is 9.59 Å². The molecule has 0 radical (unpaired) electrons. The summed E-state index contributed by atoms with van der Waals surface area (Å²) in [5.74, 6) is 1.37. The molecule has 0 aromatic rings. The first kappa shape index (κ1) is 15.8. The number of rotatable bonds is 7. The van der Waals surface area contributed by atoms with Crippen molar-refractivity contribution in [1.82, 2.24) is 16.0 Å². The molecule has 3 fully saturated rings. The second kappa shape index (κ2) is 6.99. The van der Waals surface area contributed by atoms with E-state index in [-0.39, 0.29) is 23.9 Å². The minimum Gasteiger partial charge on any atom is -0.353 e. The smallest absolute Gasteiger partial charge is 0.237 e. The van der Waals surface area contributed by atoms with Crippen LogP contribution in [0.2, 0.25) is 0 Å². The van der Waals surface area contributed by atoms with Gasteiger partial charge in [0.15, 0.2) is 0 Å². The van der Waals surface area contributed by atoms with E-state index in [2.05, 4.69) is 22.9 Å². The van der Waals surface area contributed by atoms with Crippen molar-refractivity contribution in [3.63, 3.8) is 0 Å². The Bertz CT molecular complexity index is 422. The molecule has 0 aromatic heterocycles. The van der Waals surface area contributed by atoms with Crippen LogP contribution >= 0.6 is 0 Å². The summed E-state index contributed by atoms with van der Waals surface area (Å²) in [6.07, 6.45) is 8.13. The van der Waals surface area contributed by atoms with Gasteiger partial charge < -0.3 is 16.0 Å². The summed E-state index contributed by atoms with van der Waals surface area (Å²) in [4.78, 5) is 24.6. The van der Waals surface area contributed by atoms with E-state index in [1.54, 1.807) is 0 Å². The minimum absolute atomic E-state index is 0.0292. The van der Waals surface area contributed by atoms with Gasteiger partial charge in [0.05, 0.1) is 6.04 Å². The Labute approximate surface area is 133 Å². The lowest BCUT2D eigenvalue weighted by molar-refractivity contribution is -0.125. The quantitative estimate of drug-likeness (QED) is 0.664. The molecule has 0 bridgehead atoms. The first-order valence-electron chi connectivity index (χ1n) is 9.00. The third-order valence-electron chi connectivity index (χ3n) is 5.39. The fourth-order valence-corrected chi connectivity index (χ4v) is 4.08. The zero-order valence-corrected chi connectivity index (χ0v) is 13.6. The highest BCUT2D eigenvalue weighted by molar-refractivity contribution is 5.84. The lowest BCUT2D eigenvalue weighted by Gasteiger charge is -2.23. The van der Waals surface area contributed by atoms with Crippen molar-refractivity contribution in [2.75, 3.05) is 6.54 Å². The summed E-state index contributed by atoms with van der Waals surface area (Å²) in [5.41, 5.74) is 0. The van der Waals surface area contributed by atoms with Crippen molar-refractivity contribution >= 4 is 11.8 Å². The molecular formula is C17H29N3O2. The Morgan fingerprint density at radius 1 is 1.23 bits per heavy atom. The number of hydrogen-bond acceptors (Lipinski definition) is 3. The zero-order chi connectivity index (χ0) is 15.5. The molecule has 2 amide bonds. The second-order valence-corrected chi connectivity index (χ2v) is 7.28. The maximum Gasteiger partial charge on any atom is 0.237 e. The SMILES string of the molecule is CCC[C@@H](CC(=O)NC1CC1)NC(=O)[C@H]1NC[C@@H]2CCC[C@@H]21. The molecule has 0 aromatic carbocycles. The van der Waals surface area contributed by atoms with E-state index < -0.39 is 0 Å². The average Bonchev–Trinajstić information content (AvgIpc) is 3.00. The lowest BCUT2D eigenvalue weighted by Crippen LogP contribution is -2.49. The fourth-order valence-electron chi connectivity index (χ4n) is 4.08. The Morgan fingerprint density at radius 2 is 2.05 bits per heavy atom. The molecule has 3 N–H and O–H groups in total. The van der Waals surface area contributed by atoms with Gasteiger partial charge in [0.1, 0.15) is 0 Å². The number of fused-ring (bicyclic) bond motifs is 1. The topological polar surface area (TPSA) is 70.2 Å². The van der Waals surface area contributed by atoms with Crippen LogP contribution < -0.4 is 16.0 Å². The van der Waals surface area contributed by atoms with E-state index in [4.69, 9.17) is 0 Å². The monoisotopic (exact) mass is 307 g/mol. The molecule has 5 nitrogen and oxygen atoms in total. The van der Waals surface area contributed by atoms with Crippen LogP contribution in [0.25, 0.3) is 0 Å². The summed E-state index contributed by atoms with van der Waals surface area (Å²) in [6.45, 7) is 3.07. The Balaban J connectivity index is 1.50. The summed E-state index contributed by atoms with van der Waals surface area (Å²) in [6, 6.07) is 0.318. The van der Waals surface area contributed by atoms with Gasteiger partial charge in [-0.1, -0.05) is 19.8 Å². The van der Waals surface area contributed by atoms with Gasteiger partial charge in [-0.15, -0.1) is 0 Å². The molecule has 4 atom stereocenters. The van der Waals surface area contributed by atoms with Crippen LogP contribution in [0.3, 0.4) is 0 Å². The number of amides is 2. The second-order valence-electron chi connectivity index (χ2n) is 7.28. The zero-order valence-electron chi connectivity index (χ0n) is 13.6. The van der Waals surface area contributed by atoms with E-state index in [0.717, 1.165) is 38.6 Å². The Morgan fingerprint density at radius 3 is 2.77 bits per heavy atom. The fraction of sp³-hybridized carbons (Fsp3) is 0.882. The standard InChI is InChI=1S/C17H29N3O2/c1-2-4-13(9-15(21)19-12-7-8-12)20-17(22)16-14-6-3-5-11(14)10-18-16/h11-14,16,18H,2-10H2,1H3,(H,19,21)(H,20,22)/t11-,13-,14-,16-/m0/s1. The Kier molecular flexibility index (Phi) is 5.01. The molecule has 1 heterocycles. The summed E-state index contributed by atoms with van der Waals surface area (Å²) in [7, 11) is 0. The van der Waals surface area contributed by atoms with Gasteiger partial charge in [-0.25, -0.2) is 0 Å². The van der Waals surface area contributed by atoms with Crippen LogP contribution in [0.1, 0.15) is 58.3 Å². The first-order chi connectivity index (χ1) is 10.7. The van der Waals surface area contributed by atoms with Gasteiger partial charge in [-0.2, -0.15) is 0 Å². The molecular weight excluding hydrogens is 278 g/mol. The van der Waals surface area contributed by atoms with Crippen molar-refractivity contribution in [3.05, 3.63) is 0 Å². The molecule has 124 valence electrons. The third-order valence-corrected chi connectivity index (χ3v) is 5.39. The third kappa shape index (κ3) is 3.80. The van der Waals surface area contributed by atoms with Gasteiger partial charge in [0.2, 0.25) is 11.8 Å². The average molecular weight is 307 g/mol. The van der Waals surface area contributed by atoms with E-state index in [1.807, 2.05) is 0 Å². The summed E-state index contributed by atoms with van der Waals surface area (Å²) in [5, 5.41) is 9.54.